The molecule has 0 radical (unpaired) electrons. The van der Waals surface area contributed by atoms with E-state index in [1.165, 1.54) is 12.1 Å². The van der Waals surface area contributed by atoms with E-state index in [0.29, 0.717) is 16.6 Å². The second-order valence-electron chi connectivity index (χ2n) is 4.28. The Balaban J connectivity index is 2.01. The van der Waals surface area contributed by atoms with Crippen molar-refractivity contribution in [3.05, 3.63) is 34.1 Å². The number of carbonyl (C=O) groups is 1. The zero-order valence-electron chi connectivity index (χ0n) is 9.42. The lowest BCUT2D eigenvalue weighted by atomic mass is 10.00. The second kappa shape index (κ2) is 5.74. The van der Waals surface area contributed by atoms with Crippen LogP contribution in [0.4, 0.5) is 4.39 Å². The highest BCUT2D eigenvalue weighted by Crippen LogP contribution is 2.19. The summed E-state index contributed by atoms with van der Waals surface area (Å²) >= 11 is 3.22. The Kier molecular flexibility index (Phi) is 4.29. The largest absolute Gasteiger partial charge is 0.370 e. The maximum Gasteiger partial charge on any atom is 0.165 e. The van der Waals surface area contributed by atoms with Gasteiger partial charge in [0.05, 0.1) is 0 Å². The zero-order chi connectivity index (χ0) is 12.3. The van der Waals surface area contributed by atoms with Gasteiger partial charge in [0.1, 0.15) is 11.9 Å². The third-order valence-corrected chi connectivity index (χ3v) is 3.30. The third kappa shape index (κ3) is 3.61. The van der Waals surface area contributed by atoms with E-state index in [9.17, 15) is 9.18 Å². The summed E-state index contributed by atoms with van der Waals surface area (Å²) in [4.78, 5) is 11.9. The zero-order valence-corrected chi connectivity index (χ0v) is 11.0. The molecule has 0 saturated carbocycles. The fraction of sp³-hybridized carbons (Fsp3) is 0.462. The van der Waals surface area contributed by atoms with Crippen LogP contribution < -0.4 is 0 Å². The third-order valence-electron chi connectivity index (χ3n) is 2.84. The van der Waals surface area contributed by atoms with Gasteiger partial charge >= 0.3 is 0 Å². The molecular formula is C13H14BrFO2. The topological polar surface area (TPSA) is 26.3 Å². The van der Waals surface area contributed by atoms with Crippen LogP contribution in [0.2, 0.25) is 0 Å². The number of halogens is 2. The molecule has 1 aliphatic rings. The summed E-state index contributed by atoms with van der Waals surface area (Å²) in [7, 11) is 0. The first-order chi connectivity index (χ1) is 8.15. The van der Waals surface area contributed by atoms with Gasteiger partial charge in [0, 0.05) is 17.5 Å². The van der Waals surface area contributed by atoms with Gasteiger partial charge in [0.2, 0.25) is 0 Å². The van der Waals surface area contributed by atoms with E-state index in [2.05, 4.69) is 15.9 Å². The van der Waals surface area contributed by atoms with Gasteiger partial charge < -0.3 is 4.74 Å². The molecule has 4 heteroatoms. The minimum absolute atomic E-state index is 0.0437. The molecule has 1 unspecified atom stereocenters. The molecule has 0 amide bonds. The van der Waals surface area contributed by atoms with Crippen LogP contribution in [-0.4, -0.2) is 18.5 Å². The summed E-state index contributed by atoms with van der Waals surface area (Å²) in [5.74, 6) is -0.283. The van der Waals surface area contributed by atoms with Crippen molar-refractivity contribution >= 4 is 21.7 Å². The van der Waals surface area contributed by atoms with E-state index in [1.807, 2.05) is 0 Å². The molecule has 0 N–H and O–H groups in total. The predicted molar refractivity (Wildman–Crippen MR) is 66.4 cm³/mol. The molecule has 2 nitrogen and oxygen atoms in total. The minimum Gasteiger partial charge on any atom is -0.370 e. The molecule has 0 aromatic heterocycles. The lowest BCUT2D eigenvalue weighted by Crippen LogP contribution is -2.29. The molecule has 1 aliphatic heterocycles. The lowest BCUT2D eigenvalue weighted by molar-refractivity contribution is -0.132. The Morgan fingerprint density at radius 1 is 1.41 bits per heavy atom. The molecule has 2 rings (SSSR count). The van der Waals surface area contributed by atoms with Crippen LogP contribution in [0, 0.1) is 5.82 Å². The molecule has 1 aromatic carbocycles. The molecule has 0 aliphatic carbocycles. The SMILES string of the molecule is O=C(Cc1cc(F)cc(Br)c1)C1CCCCO1. The number of Topliss-reactive ketones (excluding diaryl/α,β-unsaturated/α-hetero) is 1. The molecule has 1 fully saturated rings. The molecule has 17 heavy (non-hydrogen) atoms. The van der Waals surface area contributed by atoms with Gasteiger partial charge in [-0.25, -0.2) is 4.39 Å². The number of hydrogen-bond donors (Lipinski definition) is 0. The van der Waals surface area contributed by atoms with Gasteiger partial charge in [-0.15, -0.1) is 0 Å². The average Bonchev–Trinajstić information content (AvgIpc) is 2.28. The van der Waals surface area contributed by atoms with Crippen molar-refractivity contribution in [1.82, 2.24) is 0 Å². The van der Waals surface area contributed by atoms with E-state index in [-0.39, 0.29) is 24.1 Å². The number of benzene rings is 1. The van der Waals surface area contributed by atoms with Crippen molar-refractivity contribution < 1.29 is 13.9 Å². The highest BCUT2D eigenvalue weighted by atomic mass is 79.9. The number of carbonyl (C=O) groups excluding carboxylic acids is 1. The van der Waals surface area contributed by atoms with E-state index in [1.54, 1.807) is 6.07 Å². The maximum absolute atomic E-state index is 13.1. The first kappa shape index (κ1) is 12.7. The summed E-state index contributed by atoms with van der Waals surface area (Å²) in [6.45, 7) is 0.656. The highest BCUT2D eigenvalue weighted by molar-refractivity contribution is 9.10. The van der Waals surface area contributed by atoms with Crippen LogP contribution in [-0.2, 0) is 16.0 Å². The van der Waals surface area contributed by atoms with Crippen molar-refractivity contribution in [1.29, 1.82) is 0 Å². The molecule has 1 saturated heterocycles. The fourth-order valence-electron chi connectivity index (χ4n) is 2.02. The minimum atomic E-state index is -0.327. The average molecular weight is 301 g/mol. The fourth-order valence-corrected chi connectivity index (χ4v) is 2.54. The predicted octanol–water partition coefficient (Wildman–Crippen LogP) is 3.27. The summed E-state index contributed by atoms with van der Waals surface area (Å²) < 4.78 is 19.2. The second-order valence-corrected chi connectivity index (χ2v) is 5.19. The number of ether oxygens (including phenoxy) is 1. The van der Waals surface area contributed by atoms with Crippen molar-refractivity contribution in [2.45, 2.75) is 31.8 Å². The van der Waals surface area contributed by atoms with Crippen LogP contribution in [0.25, 0.3) is 0 Å². The molecule has 92 valence electrons. The van der Waals surface area contributed by atoms with Crippen molar-refractivity contribution in [3.63, 3.8) is 0 Å². The molecule has 1 aromatic rings. The van der Waals surface area contributed by atoms with Crippen LogP contribution in [0.15, 0.2) is 22.7 Å². The Hall–Kier alpha value is -0.740. The first-order valence-corrected chi connectivity index (χ1v) is 6.54. The molecule has 1 heterocycles. The van der Waals surface area contributed by atoms with Crippen LogP contribution >= 0.6 is 15.9 Å². The van der Waals surface area contributed by atoms with Crippen molar-refractivity contribution in [2.75, 3.05) is 6.61 Å². The number of rotatable bonds is 3. The summed E-state index contributed by atoms with van der Waals surface area (Å²) in [6.07, 6.45) is 2.78. The Morgan fingerprint density at radius 3 is 2.88 bits per heavy atom. The Bertz CT molecular complexity index is 394. The van der Waals surface area contributed by atoms with Crippen LogP contribution in [0.3, 0.4) is 0 Å². The quantitative estimate of drug-likeness (QED) is 0.856. The Labute approximate surface area is 108 Å². The maximum atomic E-state index is 13.1. The van der Waals surface area contributed by atoms with Crippen LogP contribution in [0.1, 0.15) is 24.8 Å². The van der Waals surface area contributed by atoms with Gasteiger partial charge in [-0.1, -0.05) is 15.9 Å². The van der Waals surface area contributed by atoms with Gasteiger partial charge in [-0.2, -0.15) is 0 Å². The number of ketones is 1. The van der Waals surface area contributed by atoms with E-state index in [4.69, 9.17) is 4.74 Å². The molecular weight excluding hydrogens is 287 g/mol. The monoisotopic (exact) mass is 300 g/mol. The first-order valence-electron chi connectivity index (χ1n) is 5.74. The normalized spacial score (nSPS) is 20.2. The van der Waals surface area contributed by atoms with Crippen molar-refractivity contribution in [3.8, 4) is 0 Å². The lowest BCUT2D eigenvalue weighted by Gasteiger charge is -2.21. The van der Waals surface area contributed by atoms with E-state index < -0.39 is 0 Å². The molecule has 1 atom stereocenters. The van der Waals surface area contributed by atoms with E-state index >= 15 is 0 Å². The Morgan fingerprint density at radius 2 is 2.24 bits per heavy atom. The molecule has 0 bridgehead atoms. The highest BCUT2D eigenvalue weighted by Gasteiger charge is 2.21. The number of hydrogen-bond acceptors (Lipinski definition) is 2. The van der Waals surface area contributed by atoms with Gasteiger partial charge in [-0.05, 0) is 43.0 Å². The molecule has 0 spiro atoms. The van der Waals surface area contributed by atoms with Crippen molar-refractivity contribution in [2.24, 2.45) is 0 Å². The van der Waals surface area contributed by atoms with Gasteiger partial charge in [0.25, 0.3) is 0 Å². The smallest absolute Gasteiger partial charge is 0.165 e. The summed E-state index contributed by atoms with van der Waals surface area (Å²) in [6, 6.07) is 4.54. The van der Waals surface area contributed by atoms with Crippen LogP contribution in [0.5, 0.6) is 0 Å². The van der Waals surface area contributed by atoms with Gasteiger partial charge in [-0.3, -0.25) is 4.79 Å². The summed E-state index contributed by atoms with van der Waals surface area (Å²) in [5, 5.41) is 0. The summed E-state index contributed by atoms with van der Waals surface area (Å²) in [5.41, 5.74) is 0.691. The standard InChI is InChI=1S/C13H14BrFO2/c14-10-5-9(6-11(15)8-10)7-12(16)13-3-1-2-4-17-13/h5-6,8,13H,1-4,7H2. The van der Waals surface area contributed by atoms with Gasteiger partial charge in [0.15, 0.2) is 5.78 Å². The van der Waals surface area contributed by atoms with E-state index in [0.717, 1.165) is 19.3 Å².